The molecule has 0 bridgehead atoms. The van der Waals surface area contributed by atoms with Gasteiger partial charge in [0.15, 0.2) is 0 Å². The van der Waals surface area contributed by atoms with Gasteiger partial charge in [-0.2, -0.15) is 9.78 Å². The number of hydrogen-bond acceptors (Lipinski definition) is 4. The Hall–Kier alpha value is -0.160. The van der Waals surface area contributed by atoms with Crippen LogP contribution in [0.5, 0.6) is 0 Å². The van der Waals surface area contributed by atoms with E-state index in [9.17, 15) is 0 Å². The van der Waals surface area contributed by atoms with Crippen molar-refractivity contribution >= 4 is 0 Å². The van der Waals surface area contributed by atoms with Crippen LogP contribution in [0.25, 0.3) is 0 Å². The Labute approximate surface area is 181 Å². The van der Waals surface area contributed by atoms with Gasteiger partial charge >= 0.3 is 0 Å². The van der Waals surface area contributed by atoms with Crippen molar-refractivity contribution in [3.05, 3.63) is 0 Å². The average Bonchev–Trinajstić information content (AvgIpc) is 2.71. The molecular formula is C25H50O4. The highest BCUT2D eigenvalue weighted by Gasteiger charge is 2.53. The van der Waals surface area contributed by atoms with Gasteiger partial charge < -0.3 is 0 Å². The van der Waals surface area contributed by atoms with E-state index >= 15 is 0 Å². The van der Waals surface area contributed by atoms with Crippen molar-refractivity contribution in [2.45, 2.75) is 150 Å². The van der Waals surface area contributed by atoms with E-state index in [2.05, 4.69) is 62.3 Å². The maximum atomic E-state index is 6.27. The van der Waals surface area contributed by atoms with Crippen molar-refractivity contribution in [2.75, 3.05) is 0 Å². The molecule has 0 aliphatic heterocycles. The average molecular weight is 415 g/mol. The molecule has 29 heavy (non-hydrogen) atoms. The van der Waals surface area contributed by atoms with Gasteiger partial charge in [-0.1, -0.05) is 74.1 Å². The Balaban J connectivity index is 3.01. The molecule has 4 nitrogen and oxygen atoms in total. The minimum absolute atomic E-state index is 0.100. The second kappa shape index (κ2) is 11.5. The standard InChI is InChI=1S/C25H50O4/c1-10-14-18-23(8,12-3)26-28-25(20-16-17-22(6,7)21(25)5)29-27-24(9,13-4)19-15-11-2/h21H,10-20H2,1-9H3. The number of rotatable bonds is 14. The lowest BCUT2D eigenvalue weighted by atomic mass is 9.66. The zero-order valence-electron chi connectivity index (χ0n) is 21.0. The molecule has 1 saturated carbocycles. The summed E-state index contributed by atoms with van der Waals surface area (Å²) in [4.78, 5) is 24.9. The largest absolute Gasteiger partial charge is 0.237 e. The molecule has 174 valence electrons. The van der Waals surface area contributed by atoms with Gasteiger partial charge in [-0.05, 0) is 57.8 Å². The van der Waals surface area contributed by atoms with Gasteiger partial charge in [0.05, 0.1) is 0 Å². The highest BCUT2D eigenvalue weighted by Crippen LogP contribution is 2.50. The molecule has 0 saturated heterocycles. The second-order valence-corrected chi connectivity index (χ2v) is 10.5. The fraction of sp³-hybridized carbons (Fsp3) is 1.00. The summed E-state index contributed by atoms with van der Waals surface area (Å²) >= 11 is 0. The molecule has 0 radical (unpaired) electrons. The molecule has 0 N–H and O–H groups in total. The zero-order chi connectivity index (χ0) is 22.2. The van der Waals surface area contributed by atoms with E-state index in [0.717, 1.165) is 70.6 Å². The maximum Gasteiger partial charge on any atom is 0.237 e. The van der Waals surface area contributed by atoms with Gasteiger partial charge in [0.1, 0.15) is 11.2 Å². The topological polar surface area (TPSA) is 36.9 Å². The highest BCUT2D eigenvalue weighted by molar-refractivity contribution is 4.91. The van der Waals surface area contributed by atoms with Crippen molar-refractivity contribution in [1.82, 2.24) is 0 Å². The van der Waals surface area contributed by atoms with Crippen LogP contribution in [0, 0.1) is 11.3 Å². The van der Waals surface area contributed by atoms with Gasteiger partial charge in [0.25, 0.3) is 0 Å². The molecule has 3 unspecified atom stereocenters. The maximum absolute atomic E-state index is 6.27. The monoisotopic (exact) mass is 414 g/mol. The Kier molecular flexibility index (Phi) is 10.6. The van der Waals surface area contributed by atoms with Gasteiger partial charge in [0, 0.05) is 12.3 Å². The SMILES string of the molecule is CCCCC(C)(CC)OOC1(OOC(C)(CC)CCCC)CCCC(C)(C)C1C. The van der Waals surface area contributed by atoms with Crippen molar-refractivity contribution in [1.29, 1.82) is 0 Å². The van der Waals surface area contributed by atoms with Crippen LogP contribution in [0.3, 0.4) is 0 Å². The molecule has 0 amide bonds. The van der Waals surface area contributed by atoms with Crippen molar-refractivity contribution in [3.63, 3.8) is 0 Å². The first kappa shape index (κ1) is 26.9. The summed E-state index contributed by atoms with van der Waals surface area (Å²) in [6, 6.07) is 0. The van der Waals surface area contributed by atoms with Crippen molar-refractivity contribution < 1.29 is 19.6 Å². The molecular weight excluding hydrogens is 364 g/mol. The van der Waals surface area contributed by atoms with E-state index in [1.807, 2.05) is 0 Å². The summed E-state index contributed by atoms with van der Waals surface area (Å²) in [7, 11) is 0. The summed E-state index contributed by atoms with van der Waals surface area (Å²) in [5.41, 5.74) is -0.503. The van der Waals surface area contributed by atoms with Crippen LogP contribution in [0.2, 0.25) is 0 Å². The molecule has 4 heteroatoms. The Bertz CT molecular complexity index is 438. The van der Waals surface area contributed by atoms with E-state index in [-0.39, 0.29) is 22.5 Å². The highest BCUT2D eigenvalue weighted by atomic mass is 17.3. The lowest BCUT2D eigenvalue weighted by Crippen LogP contribution is -2.53. The van der Waals surface area contributed by atoms with E-state index in [1.165, 1.54) is 0 Å². The van der Waals surface area contributed by atoms with Gasteiger partial charge in [0.2, 0.25) is 5.79 Å². The molecule has 1 aliphatic rings. The van der Waals surface area contributed by atoms with Crippen molar-refractivity contribution in [2.24, 2.45) is 11.3 Å². The summed E-state index contributed by atoms with van der Waals surface area (Å²) in [6.45, 7) is 19.9. The Morgan fingerprint density at radius 1 is 0.793 bits per heavy atom. The first-order valence-electron chi connectivity index (χ1n) is 12.3. The van der Waals surface area contributed by atoms with E-state index in [0.29, 0.717) is 0 Å². The van der Waals surface area contributed by atoms with E-state index < -0.39 is 5.79 Å². The van der Waals surface area contributed by atoms with Gasteiger partial charge in [-0.3, -0.25) is 0 Å². The second-order valence-electron chi connectivity index (χ2n) is 10.5. The molecule has 0 aromatic rings. The van der Waals surface area contributed by atoms with Crippen molar-refractivity contribution in [3.8, 4) is 0 Å². The fourth-order valence-electron chi connectivity index (χ4n) is 4.06. The summed E-state index contributed by atoms with van der Waals surface area (Å²) in [5.74, 6) is -0.712. The third-order valence-corrected chi connectivity index (χ3v) is 7.56. The van der Waals surface area contributed by atoms with Crippen LogP contribution in [0.4, 0.5) is 0 Å². The lowest BCUT2D eigenvalue weighted by molar-refractivity contribution is -0.564. The van der Waals surface area contributed by atoms with Crippen LogP contribution >= 0.6 is 0 Å². The number of hydrogen-bond donors (Lipinski definition) is 0. The number of unbranched alkanes of at least 4 members (excludes halogenated alkanes) is 2. The van der Waals surface area contributed by atoms with Gasteiger partial charge in [-0.15, -0.1) is 0 Å². The molecule has 0 aromatic heterocycles. The molecule has 0 spiro atoms. The summed E-state index contributed by atoms with van der Waals surface area (Å²) in [5, 5.41) is 0. The normalized spacial score (nSPS) is 28.7. The van der Waals surface area contributed by atoms with E-state index in [1.54, 1.807) is 0 Å². The molecule has 0 aromatic carbocycles. The van der Waals surface area contributed by atoms with Crippen LogP contribution in [0.15, 0.2) is 0 Å². The van der Waals surface area contributed by atoms with Gasteiger partial charge in [-0.25, -0.2) is 9.78 Å². The minimum Gasteiger partial charge on any atom is -0.227 e. The Morgan fingerprint density at radius 3 is 1.62 bits per heavy atom. The minimum atomic E-state index is -0.868. The first-order valence-corrected chi connectivity index (χ1v) is 12.3. The lowest BCUT2D eigenvalue weighted by Gasteiger charge is -2.49. The summed E-state index contributed by atoms with van der Waals surface area (Å²) in [6.07, 6.45) is 11.3. The Morgan fingerprint density at radius 2 is 1.24 bits per heavy atom. The molecule has 1 fully saturated rings. The predicted molar refractivity (Wildman–Crippen MR) is 120 cm³/mol. The third-order valence-electron chi connectivity index (χ3n) is 7.56. The molecule has 0 heterocycles. The van der Waals surface area contributed by atoms with Crippen LogP contribution in [-0.2, 0) is 19.6 Å². The summed E-state index contributed by atoms with van der Waals surface area (Å²) < 4.78 is 0. The molecule has 1 rings (SSSR count). The molecule has 3 atom stereocenters. The van der Waals surface area contributed by atoms with Crippen LogP contribution < -0.4 is 0 Å². The van der Waals surface area contributed by atoms with Crippen LogP contribution in [0.1, 0.15) is 133 Å². The van der Waals surface area contributed by atoms with Crippen LogP contribution in [-0.4, -0.2) is 17.0 Å². The smallest absolute Gasteiger partial charge is 0.227 e. The van der Waals surface area contributed by atoms with E-state index in [4.69, 9.17) is 19.6 Å². The quantitative estimate of drug-likeness (QED) is 0.163. The molecule has 1 aliphatic carbocycles. The predicted octanol–water partition coefficient (Wildman–Crippen LogP) is 8.14. The third kappa shape index (κ3) is 7.48. The fourth-order valence-corrected chi connectivity index (χ4v) is 4.06. The zero-order valence-corrected chi connectivity index (χ0v) is 21.0. The first-order chi connectivity index (χ1) is 13.5.